The van der Waals surface area contributed by atoms with Gasteiger partial charge in [0.25, 0.3) is 0 Å². The van der Waals surface area contributed by atoms with Crippen LogP contribution in [0.1, 0.15) is 54.7 Å². The third-order valence-electron chi connectivity index (χ3n) is 7.30. The molecule has 0 saturated carbocycles. The first-order valence-electron chi connectivity index (χ1n) is 13.7. The molecule has 43 heavy (non-hydrogen) atoms. The maximum atomic E-state index is 13.3. The Bertz CT molecular complexity index is 1470. The number of carbonyl (C=O) groups excluding carboxylic acids is 6. The summed E-state index contributed by atoms with van der Waals surface area (Å²) in [4.78, 5) is 75.6. The average molecular weight is 592 g/mol. The first kappa shape index (κ1) is 30.9. The molecule has 1 fully saturated rings. The topological polar surface area (TPSA) is 166 Å². The van der Waals surface area contributed by atoms with E-state index in [1.54, 1.807) is 50.3 Å². The summed E-state index contributed by atoms with van der Waals surface area (Å²) >= 11 is 0. The van der Waals surface area contributed by atoms with Gasteiger partial charge < -0.3 is 24.8 Å². The number of imide groups is 1. The maximum Gasteiger partial charge on any atom is 0.337 e. The van der Waals surface area contributed by atoms with Gasteiger partial charge in [0.1, 0.15) is 5.92 Å². The van der Waals surface area contributed by atoms with Crippen molar-refractivity contribution in [1.82, 2.24) is 16.0 Å². The molecule has 2 aliphatic rings. The van der Waals surface area contributed by atoms with Crippen LogP contribution in [0, 0.1) is 17.8 Å². The number of methoxy groups -OCH3 is 1. The Morgan fingerprint density at radius 1 is 1.00 bits per heavy atom. The Hall–Kier alpha value is -5.00. The van der Waals surface area contributed by atoms with Gasteiger partial charge in [0.2, 0.25) is 30.4 Å². The molecule has 4 amide bonds. The lowest BCUT2D eigenvalue weighted by molar-refractivity contribution is -0.137. The van der Waals surface area contributed by atoms with Gasteiger partial charge in [0.15, 0.2) is 17.3 Å². The number of carbonyl (C=O) groups is 6. The molecule has 1 unspecified atom stereocenters. The molecule has 12 heteroatoms. The Kier molecular flexibility index (Phi) is 9.59. The minimum Gasteiger partial charge on any atom is -0.465 e. The molecule has 12 nitrogen and oxygen atoms in total. The first-order chi connectivity index (χ1) is 20.5. The average Bonchev–Trinajstić information content (AvgIpc) is 3.55. The van der Waals surface area contributed by atoms with Gasteiger partial charge in [-0.25, -0.2) is 4.79 Å². The van der Waals surface area contributed by atoms with Crippen molar-refractivity contribution in [1.29, 1.82) is 0 Å². The number of rotatable bonds is 11. The summed E-state index contributed by atoms with van der Waals surface area (Å²) in [6.45, 7) is 5.04. The molecule has 2 aromatic rings. The van der Waals surface area contributed by atoms with Crippen LogP contribution in [-0.2, 0) is 28.7 Å². The molecule has 0 bridgehead atoms. The molecule has 0 aromatic heterocycles. The SMILES string of the molecule is COC(=O)c1ccc(C(CC(=O)N[C@H](C(=O)[C@@H]2C(=O)NC(=O)[C@H]2C)C(C)C)NC(=O)/C=C/c2ccc3c(c2)OCO3)cc1. The van der Waals surface area contributed by atoms with Crippen molar-refractivity contribution in [2.24, 2.45) is 17.8 Å². The van der Waals surface area contributed by atoms with Crippen LogP contribution in [0.3, 0.4) is 0 Å². The second kappa shape index (κ2) is 13.3. The van der Waals surface area contributed by atoms with Crippen LogP contribution in [0.25, 0.3) is 6.08 Å². The molecule has 226 valence electrons. The lowest BCUT2D eigenvalue weighted by Crippen LogP contribution is -2.49. The van der Waals surface area contributed by atoms with E-state index in [1.807, 2.05) is 0 Å². The summed E-state index contributed by atoms with van der Waals surface area (Å²) in [5, 5.41) is 7.66. The van der Waals surface area contributed by atoms with Crippen molar-refractivity contribution in [2.45, 2.75) is 39.3 Å². The molecule has 3 N–H and O–H groups in total. The van der Waals surface area contributed by atoms with Crippen LogP contribution in [-0.4, -0.2) is 55.3 Å². The summed E-state index contributed by atoms with van der Waals surface area (Å²) in [7, 11) is 1.26. The van der Waals surface area contributed by atoms with Crippen molar-refractivity contribution < 1.29 is 43.0 Å². The van der Waals surface area contributed by atoms with Crippen LogP contribution in [0.5, 0.6) is 11.5 Å². The molecular formula is C31H33N3O9. The zero-order valence-electron chi connectivity index (χ0n) is 24.2. The number of amides is 4. The fraction of sp³-hybridized carbons (Fsp3) is 0.355. The molecule has 4 atom stereocenters. The third-order valence-corrected chi connectivity index (χ3v) is 7.30. The van der Waals surface area contributed by atoms with E-state index in [0.29, 0.717) is 22.6 Å². The second-order valence-electron chi connectivity index (χ2n) is 10.6. The Morgan fingerprint density at radius 2 is 1.70 bits per heavy atom. The van der Waals surface area contributed by atoms with Gasteiger partial charge in [0, 0.05) is 6.08 Å². The molecular weight excluding hydrogens is 558 g/mol. The van der Waals surface area contributed by atoms with Gasteiger partial charge >= 0.3 is 5.97 Å². The largest absolute Gasteiger partial charge is 0.465 e. The summed E-state index contributed by atoms with van der Waals surface area (Å²) in [5.41, 5.74) is 1.50. The standard InChI is InChI=1S/C31H33N3O9/c1-16(2)27(28(37)26-17(3)29(38)34-30(26)39)33-25(36)14-21(19-7-9-20(10-8-19)31(40)41-4)32-24(35)12-6-18-5-11-22-23(13-18)43-15-42-22/h5-13,16-17,21,26-27H,14-15H2,1-4H3,(H,32,35)(H,33,36)(H,34,38,39)/b12-6+/t17-,21?,26+,27-/m0/s1. The Morgan fingerprint density at radius 3 is 2.33 bits per heavy atom. The molecule has 0 spiro atoms. The summed E-state index contributed by atoms with van der Waals surface area (Å²) in [5.74, 6) is -4.67. The van der Waals surface area contributed by atoms with Crippen molar-refractivity contribution in [3.8, 4) is 11.5 Å². The van der Waals surface area contributed by atoms with E-state index in [1.165, 1.54) is 32.2 Å². The van der Waals surface area contributed by atoms with Crippen LogP contribution in [0.15, 0.2) is 48.5 Å². The smallest absolute Gasteiger partial charge is 0.337 e. The normalized spacial score (nSPS) is 18.7. The lowest BCUT2D eigenvalue weighted by atomic mass is 9.85. The number of ketones is 1. The maximum absolute atomic E-state index is 13.3. The number of hydrogen-bond donors (Lipinski definition) is 3. The number of hydrogen-bond acceptors (Lipinski definition) is 9. The lowest BCUT2D eigenvalue weighted by Gasteiger charge is -2.26. The number of benzene rings is 2. The van der Waals surface area contributed by atoms with Gasteiger partial charge in [0.05, 0.1) is 37.1 Å². The highest BCUT2D eigenvalue weighted by Crippen LogP contribution is 2.33. The van der Waals surface area contributed by atoms with E-state index in [-0.39, 0.29) is 24.7 Å². The number of Topliss-reactive ketones (excluding diaryl/α,β-unsaturated/α-hetero) is 1. The molecule has 2 aromatic carbocycles. The quantitative estimate of drug-likeness (QED) is 0.153. The van der Waals surface area contributed by atoms with Crippen molar-refractivity contribution in [2.75, 3.05) is 13.9 Å². The fourth-order valence-corrected chi connectivity index (χ4v) is 4.87. The van der Waals surface area contributed by atoms with Gasteiger partial charge in [-0.15, -0.1) is 0 Å². The second-order valence-corrected chi connectivity index (χ2v) is 10.6. The van der Waals surface area contributed by atoms with Crippen LogP contribution >= 0.6 is 0 Å². The van der Waals surface area contributed by atoms with E-state index in [0.717, 1.165) is 0 Å². The summed E-state index contributed by atoms with van der Waals surface area (Å²) < 4.78 is 15.4. The monoisotopic (exact) mass is 591 g/mol. The highest BCUT2D eigenvalue weighted by Gasteiger charge is 2.46. The highest BCUT2D eigenvalue weighted by molar-refractivity contribution is 6.16. The Balaban J connectivity index is 1.51. The first-order valence-corrected chi connectivity index (χ1v) is 13.7. The van der Waals surface area contributed by atoms with E-state index in [9.17, 15) is 28.8 Å². The molecule has 1 saturated heterocycles. The number of esters is 1. The number of nitrogens with one attached hydrogen (secondary N) is 3. The molecule has 4 rings (SSSR count). The molecule has 2 aliphatic heterocycles. The van der Waals surface area contributed by atoms with Gasteiger partial charge in [-0.1, -0.05) is 39.0 Å². The zero-order valence-corrected chi connectivity index (χ0v) is 24.2. The fourth-order valence-electron chi connectivity index (χ4n) is 4.87. The van der Waals surface area contributed by atoms with Crippen LogP contribution in [0.4, 0.5) is 0 Å². The van der Waals surface area contributed by atoms with Gasteiger partial charge in [-0.2, -0.15) is 0 Å². The molecule has 0 radical (unpaired) electrons. The van der Waals surface area contributed by atoms with E-state index >= 15 is 0 Å². The van der Waals surface area contributed by atoms with Crippen molar-refractivity contribution in [3.05, 3.63) is 65.2 Å². The van der Waals surface area contributed by atoms with Crippen LogP contribution in [0.2, 0.25) is 0 Å². The Labute approximate surface area is 248 Å². The van der Waals surface area contributed by atoms with Gasteiger partial charge in [-0.05, 0) is 47.4 Å². The third kappa shape index (κ3) is 7.26. The van der Waals surface area contributed by atoms with Crippen molar-refractivity contribution in [3.63, 3.8) is 0 Å². The van der Waals surface area contributed by atoms with E-state index < -0.39 is 59.3 Å². The van der Waals surface area contributed by atoms with Crippen LogP contribution < -0.4 is 25.4 Å². The number of ether oxygens (including phenoxy) is 3. The minimum atomic E-state index is -1.21. The molecule has 2 heterocycles. The highest BCUT2D eigenvalue weighted by atomic mass is 16.7. The summed E-state index contributed by atoms with van der Waals surface area (Å²) in [6.07, 6.45) is 2.63. The molecule has 0 aliphatic carbocycles. The van der Waals surface area contributed by atoms with E-state index in [4.69, 9.17) is 14.2 Å². The summed E-state index contributed by atoms with van der Waals surface area (Å²) in [6, 6.07) is 9.53. The zero-order chi connectivity index (χ0) is 31.3. The predicted octanol–water partition coefficient (Wildman–Crippen LogP) is 2.08. The number of fused-ring (bicyclic) bond motifs is 1. The van der Waals surface area contributed by atoms with Crippen molar-refractivity contribution >= 4 is 41.5 Å². The minimum absolute atomic E-state index is 0.121. The van der Waals surface area contributed by atoms with Gasteiger partial charge in [-0.3, -0.25) is 29.3 Å². The van der Waals surface area contributed by atoms with E-state index in [2.05, 4.69) is 16.0 Å². The predicted molar refractivity (Wildman–Crippen MR) is 152 cm³/mol.